The summed E-state index contributed by atoms with van der Waals surface area (Å²) in [7, 11) is 0. The monoisotopic (exact) mass is 526 g/mol. The third-order valence-corrected chi connectivity index (χ3v) is 7.74. The number of fused-ring (bicyclic) bond motifs is 1. The first-order valence-corrected chi connectivity index (χ1v) is 12.9. The van der Waals surface area contributed by atoms with Crippen LogP contribution < -0.4 is 16.4 Å². The van der Waals surface area contributed by atoms with Crippen LogP contribution in [-0.4, -0.2) is 61.5 Å². The zero-order chi connectivity index (χ0) is 22.8. The smallest absolute Gasteiger partial charge is 0.227 e. The fourth-order valence-electron chi connectivity index (χ4n) is 5.67. The van der Waals surface area contributed by atoms with Gasteiger partial charge in [-0.1, -0.05) is 19.8 Å². The minimum atomic E-state index is 0. The van der Waals surface area contributed by atoms with Gasteiger partial charge in [-0.15, -0.1) is 24.8 Å². The highest BCUT2D eigenvalue weighted by Crippen LogP contribution is 2.33. The van der Waals surface area contributed by atoms with Gasteiger partial charge in [0.2, 0.25) is 11.9 Å². The van der Waals surface area contributed by atoms with E-state index in [2.05, 4.69) is 15.2 Å². The van der Waals surface area contributed by atoms with Crippen molar-refractivity contribution in [3.05, 3.63) is 6.33 Å². The van der Waals surface area contributed by atoms with Crippen LogP contribution in [0.2, 0.25) is 0 Å². The molecule has 196 valence electrons. The van der Waals surface area contributed by atoms with E-state index in [1.807, 2.05) is 18.2 Å². The van der Waals surface area contributed by atoms with Gasteiger partial charge in [-0.05, 0) is 51.4 Å². The number of aromatic nitrogens is 4. The zero-order valence-corrected chi connectivity index (χ0v) is 22.3. The maximum Gasteiger partial charge on any atom is 0.227 e. The van der Waals surface area contributed by atoms with Crippen LogP contribution >= 0.6 is 24.8 Å². The molecule has 0 bridgehead atoms. The second kappa shape index (κ2) is 12.4. The number of likely N-dealkylation sites (tertiary alicyclic amines) is 1. The predicted molar refractivity (Wildman–Crippen MR) is 145 cm³/mol. The second-order valence-electron chi connectivity index (χ2n) is 10.1. The molecule has 2 saturated carbocycles. The summed E-state index contributed by atoms with van der Waals surface area (Å²) in [5.41, 5.74) is 7.88. The third kappa shape index (κ3) is 6.30. The highest BCUT2D eigenvalue weighted by Gasteiger charge is 2.26. The maximum atomic E-state index is 12.0. The first-order chi connectivity index (χ1) is 16.1. The summed E-state index contributed by atoms with van der Waals surface area (Å²) in [5, 5.41) is 7.26. The van der Waals surface area contributed by atoms with E-state index >= 15 is 0 Å². The Morgan fingerprint density at radius 1 is 0.971 bits per heavy atom. The molecule has 0 spiro atoms. The van der Waals surface area contributed by atoms with Gasteiger partial charge in [-0.25, -0.2) is 4.98 Å². The Morgan fingerprint density at radius 2 is 1.63 bits per heavy atom. The largest absolute Gasteiger partial charge is 0.365 e. The standard InChI is InChI=1S/C24H38N8O.2ClH/c1-2-20(33)31-13-11-18(12-14-31)27-22-21-23(32(15-26-21)19-5-3-4-6-19)30-24(29-22)28-17-9-7-16(25)8-10-17;;/h15-19H,2-14,25H2,1H3,(H2,27,28,29,30);2*1H/t16-,17-;;. The molecule has 2 aliphatic carbocycles. The number of rotatable bonds is 6. The molecule has 1 saturated heterocycles. The van der Waals surface area contributed by atoms with Crippen molar-refractivity contribution in [2.24, 2.45) is 5.73 Å². The zero-order valence-electron chi connectivity index (χ0n) is 20.6. The van der Waals surface area contributed by atoms with Crippen molar-refractivity contribution in [3.8, 4) is 0 Å². The Bertz CT molecular complexity index is 964. The van der Waals surface area contributed by atoms with Crippen molar-refractivity contribution in [2.75, 3.05) is 23.7 Å². The Balaban J connectivity index is 0.00000171. The SMILES string of the molecule is CCC(=O)N1CCC(Nc2nc(N[C@H]3CC[C@H](N)CC3)nc3c2ncn3C2CCCC2)CC1.Cl.Cl. The maximum absolute atomic E-state index is 12.0. The summed E-state index contributed by atoms with van der Waals surface area (Å²) >= 11 is 0. The van der Waals surface area contributed by atoms with Crippen LogP contribution in [-0.2, 0) is 4.79 Å². The summed E-state index contributed by atoms with van der Waals surface area (Å²) < 4.78 is 2.26. The minimum Gasteiger partial charge on any atom is -0.365 e. The van der Waals surface area contributed by atoms with Crippen LogP contribution in [0, 0.1) is 0 Å². The Hall–Kier alpha value is -1.84. The van der Waals surface area contributed by atoms with Gasteiger partial charge in [0.15, 0.2) is 17.0 Å². The number of imidazole rings is 1. The van der Waals surface area contributed by atoms with E-state index in [-0.39, 0.29) is 36.8 Å². The molecule has 35 heavy (non-hydrogen) atoms. The van der Waals surface area contributed by atoms with E-state index < -0.39 is 0 Å². The number of carbonyl (C=O) groups excluding carboxylic acids is 1. The molecule has 5 rings (SSSR count). The average Bonchev–Trinajstić information content (AvgIpc) is 3.50. The van der Waals surface area contributed by atoms with Crippen molar-refractivity contribution in [1.29, 1.82) is 0 Å². The van der Waals surface area contributed by atoms with Crippen molar-refractivity contribution < 1.29 is 4.79 Å². The van der Waals surface area contributed by atoms with Gasteiger partial charge in [0, 0.05) is 43.7 Å². The number of amides is 1. The van der Waals surface area contributed by atoms with E-state index in [1.54, 1.807) is 0 Å². The lowest BCUT2D eigenvalue weighted by atomic mass is 9.92. The Morgan fingerprint density at radius 3 is 2.29 bits per heavy atom. The molecule has 4 N–H and O–H groups in total. The lowest BCUT2D eigenvalue weighted by Crippen LogP contribution is -2.42. The van der Waals surface area contributed by atoms with Gasteiger partial charge in [-0.2, -0.15) is 9.97 Å². The Kier molecular flexibility index (Phi) is 9.84. The highest BCUT2D eigenvalue weighted by molar-refractivity contribution is 5.86. The topological polar surface area (TPSA) is 114 Å². The van der Waals surface area contributed by atoms with Gasteiger partial charge < -0.3 is 25.8 Å². The number of nitrogens with one attached hydrogen (secondary N) is 2. The van der Waals surface area contributed by atoms with Gasteiger partial charge in [-0.3, -0.25) is 4.79 Å². The van der Waals surface area contributed by atoms with Crippen LogP contribution in [0.1, 0.15) is 83.6 Å². The molecule has 0 radical (unpaired) electrons. The van der Waals surface area contributed by atoms with Gasteiger partial charge in [0.25, 0.3) is 0 Å². The van der Waals surface area contributed by atoms with Crippen LogP contribution in [0.3, 0.4) is 0 Å². The van der Waals surface area contributed by atoms with Crippen molar-refractivity contribution in [3.63, 3.8) is 0 Å². The van der Waals surface area contributed by atoms with E-state index in [1.165, 1.54) is 25.7 Å². The molecule has 3 fully saturated rings. The number of anilines is 2. The number of nitrogens with zero attached hydrogens (tertiary/aromatic N) is 5. The molecule has 0 aromatic carbocycles. The quantitative estimate of drug-likeness (QED) is 0.514. The van der Waals surface area contributed by atoms with Crippen molar-refractivity contribution in [1.82, 2.24) is 24.4 Å². The molecule has 9 nitrogen and oxygen atoms in total. The average molecular weight is 528 g/mol. The molecule has 1 aliphatic heterocycles. The number of piperidine rings is 1. The molecule has 3 heterocycles. The first-order valence-electron chi connectivity index (χ1n) is 12.9. The number of hydrogen-bond acceptors (Lipinski definition) is 7. The third-order valence-electron chi connectivity index (χ3n) is 7.74. The van der Waals surface area contributed by atoms with E-state index in [4.69, 9.17) is 20.7 Å². The Labute approximate surface area is 220 Å². The molecule has 11 heteroatoms. The molecule has 2 aromatic rings. The van der Waals surface area contributed by atoms with Crippen molar-refractivity contribution in [2.45, 2.75) is 102 Å². The number of carbonyl (C=O) groups is 1. The molecule has 1 amide bonds. The number of nitrogens with two attached hydrogens (primary N) is 1. The van der Waals surface area contributed by atoms with Gasteiger partial charge in [0.1, 0.15) is 0 Å². The molecule has 0 unspecified atom stereocenters. The highest BCUT2D eigenvalue weighted by atomic mass is 35.5. The fourth-order valence-corrected chi connectivity index (χ4v) is 5.67. The normalized spacial score (nSPS) is 23.5. The first kappa shape index (κ1) is 27.7. The summed E-state index contributed by atoms with van der Waals surface area (Å²) in [4.78, 5) is 28.6. The van der Waals surface area contributed by atoms with Crippen LogP contribution in [0.25, 0.3) is 11.2 Å². The summed E-state index contributed by atoms with van der Waals surface area (Å²) in [6, 6.07) is 1.43. The number of hydrogen-bond donors (Lipinski definition) is 3. The molecule has 3 aliphatic rings. The van der Waals surface area contributed by atoms with Crippen LogP contribution in [0.5, 0.6) is 0 Å². The fraction of sp³-hybridized carbons (Fsp3) is 0.750. The van der Waals surface area contributed by atoms with Crippen molar-refractivity contribution >= 4 is 53.7 Å². The minimum absolute atomic E-state index is 0. The molecular formula is C24H40Cl2N8O. The summed E-state index contributed by atoms with van der Waals surface area (Å²) in [5.74, 6) is 1.74. The molecular weight excluding hydrogens is 487 g/mol. The number of halogens is 2. The van der Waals surface area contributed by atoms with Crippen LogP contribution in [0.15, 0.2) is 6.33 Å². The summed E-state index contributed by atoms with van der Waals surface area (Å²) in [6.45, 7) is 3.52. The second-order valence-corrected chi connectivity index (χ2v) is 10.1. The van der Waals surface area contributed by atoms with Gasteiger partial charge in [0.05, 0.1) is 6.33 Å². The lowest BCUT2D eigenvalue weighted by Gasteiger charge is -2.32. The van der Waals surface area contributed by atoms with E-state index in [9.17, 15) is 4.79 Å². The predicted octanol–water partition coefficient (Wildman–Crippen LogP) is 4.28. The summed E-state index contributed by atoms with van der Waals surface area (Å²) in [6.07, 6.45) is 13.5. The molecule has 2 aromatic heterocycles. The molecule has 0 atom stereocenters. The van der Waals surface area contributed by atoms with Crippen LogP contribution in [0.4, 0.5) is 11.8 Å². The van der Waals surface area contributed by atoms with E-state index in [0.717, 1.165) is 68.6 Å². The van der Waals surface area contributed by atoms with Gasteiger partial charge >= 0.3 is 0 Å². The lowest BCUT2D eigenvalue weighted by molar-refractivity contribution is -0.131. The van der Waals surface area contributed by atoms with E-state index in [0.29, 0.717) is 30.5 Å².